The van der Waals surface area contributed by atoms with Crippen molar-refractivity contribution < 1.29 is 19.1 Å². The van der Waals surface area contributed by atoms with Crippen LogP contribution in [0.2, 0.25) is 0 Å². The molecule has 0 radical (unpaired) electrons. The number of carbonyl (C=O) groups is 2. The maximum atomic E-state index is 12.1. The number of hydrogen-bond acceptors (Lipinski definition) is 6. The number of carbonyl (C=O) groups excluding carboxylic acids is 2. The number of amides is 1. The van der Waals surface area contributed by atoms with Crippen molar-refractivity contribution in [2.24, 2.45) is 0 Å². The Kier molecular flexibility index (Phi) is 5.90. The minimum Gasteiger partial charge on any atom is -0.465 e. The van der Waals surface area contributed by atoms with Crippen LogP contribution in [-0.4, -0.2) is 37.3 Å². The van der Waals surface area contributed by atoms with E-state index in [0.717, 1.165) is 0 Å². The molecule has 0 fully saturated rings. The Balaban J connectivity index is 1.30. The van der Waals surface area contributed by atoms with Gasteiger partial charge in [0.1, 0.15) is 16.5 Å². The highest BCUT2D eigenvalue weighted by Gasteiger charge is 2.28. The molecule has 0 bridgehead atoms. The van der Waals surface area contributed by atoms with Crippen LogP contribution < -0.4 is 5.32 Å². The van der Waals surface area contributed by atoms with Crippen molar-refractivity contribution >= 4 is 29.5 Å². The van der Waals surface area contributed by atoms with Gasteiger partial charge in [0.2, 0.25) is 0 Å². The van der Waals surface area contributed by atoms with Gasteiger partial charge in [0.15, 0.2) is 0 Å². The number of nitrogens with zero attached hydrogens (tertiary/aromatic N) is 1. The van der Waals surface area contributed by atoms with Crippen molar-refractivity contribution in [3.8, 4) is 11.1 Å². The van der Waals surface area contributed by atoms with Gasteiger partial charge in [0.05, 0.1) is 13.3 Å². The van der Waals surface area contributed by atoms with Gasteiger partial charge in [-0.05, 0) is 28.3 Å². The highest BCUT2D eigenvalue weighted by Crippen LogP contribution is 2.44. The first kappa shape index (κ1) is 19.8. The number of nitrogens with one attached hydrogen (secondary N) is 1. The molecule has 0 unspecified atom stereocenters. The Bertz CT molecular complexity index is 1060. The summed E-state index contributed by atoms with van der Waals surface area (Å²) in [7, 11) is 1.33. The summed E-state index contributed by atoms with van der Waals surface area (Å²) in [6.45, 7) is 0.572. The normalized spacial score (nSPS) is 12.4. The van der Waals surface area contributed by atoms with Crippen molar-refractivity contribution in [3.05, 3.63) is 81.8 Å². The van der Waals surface area contributed by atoms with Crippen LogP contribution in [0.5, 0.6) is 0 Å². The van der Waals surface area contributed by atoms with E-state index < -0.39 is 12.1 Å². The first-order chi connectivity index (χ1) is 14.7. The number of fused-ring (bicyclic) bond motifs is 3. The standard InChI is InChI=1S/C23H20N2O4S/c1-28-22(26)20-13-25-21(30-20)11-6-12-24-23(27)29-14-19-17-9-4-2-7-15(17)16-8-3-5-10-18(16)19/h2-11,13,19H,12,14H2,1H3,(H,24,27). The third-order valence-corrected chi connectivity index (χ3v) is 5.82. The molecule has 3 aromatic rings. The van der Waals surface area contributed by atoms with E-state index in [1.165, 1.54) is 46.9 Å². The largest absolute Gasteiger partial charge is 0.465 e. The molecule has 1 amide bonds. The van der Waals surface area contributed by atoms with Crippen molar-refractivity contribution in [1.82, 2.24) is 10.3 Å². The average Bonchev–Trinajstić information content (AvgIpc) is 3.38. The Morgan fingerprint density at radius 2 is 1.77 bits per heavy atom. The Labute approximate surface area is 178 Å². The fraction of sp³-hybridized carbons (Fsp3) is 0.174. The maximum absolute atomic E-state index is 12.1. The van der Waals surface area contributed by atoms with E-state index in [2.05, 4.69) is 39.3 Å². The summed E-state index contributed by atoms with van der Waals surface area (Å²) in [6.07, 6.45) is 4.48. The van der Waals surface area contributed by atoms with Crippen molar-refractivity contribution in [2.75, 3.05) is 20.3 Å². The molecule has 152 valence electrons. The number of alkyl carbamates (subject to hydrolysis) is 1. The fourth-order valence-corrected chi connectivity index (χ4v) is 4.28. The molecule has 7 heteroatoms. The van der Waals surface area contributed by atoms with Crippen LogP contribution in [0.1, 0.15) is 31.7 Å². The molecular weight excluding hydrogens is 400 g/mol. The lowest BCUT2D eigenvalue weighted by Gasteiger charge is -2.14. The van der Waals surface area contributed by atoms with Crippen LogP contribution in [0.3, 0.4) is 0 Å². The molecule has 4 rings (SSSR count). The minimum atomic E-state index is -0.476. The second-order valence-corrected chi connectivity index (χ2v) is 7.73. The zero-order valence-electron chi connectivity index (χ0n) is 16.3. The van der Waals surface area contributed by atoms with Crippen LogP contribution in [0.25, 0.3) is 17.2 Å². The van der Waals surface area contributed by atoms with Crippen LogP contribution in [0, 0.1) is 0 Å². The summed E-state index contributed by atoms with van der Waals surface area (Å²) in [4.78, 5) is 28.1. The summed E-state index contributed by atoms with van der Waals surface area (Å²) in [5, 5.41) is 3.36. The first-order valence-electron chi connectivity index (χ1n) is 9.47. The van der Waals surface area contributed by atoms with E-state index in [-0.39, 0.29) is 12.5 Å². The molecule has 6 nitrogen and oxygen atoms in total. The molecule has 0 aliphatic heterocycles. The van der Waals surface area contributed by atoms with Crippen LogP contribution >= 0.6 is 11.3 Å². The molecule has 1 aliphatic carbocycles. The number of methoxy groups -OCH3 is 1. The lowest BCUT2D eigenvalue weighted by atomic mass is 9.98. The van der Waals surface area contributed by atoms with Crippen molar-refractivity contribution in [2.45, 2.75) is 5.92 Å². The molecule has 1 aromatic heterocycles. The molecule has 0 atom stereocenters. The molecule has 1 N–H and O–H groups in total. The third-order valence-electron chi connectivity index (χ3n) is 4.88. The van der Waals surface area contributed by atoms with Gasteiger partial charge in [-0.25, -0.2) is 14.6 Å². The van der Waals surface area contributed by atoms with Gasteiger partial charge >= 0.3 is 12.1 Å². The molecule has 30 heavy (non-hydrogen) atoms. The van der Waals surface area contributed by atoms with Gasteiger partial charge in [0.25, 0.3) is 0 Å². The summed E-state index contributed by atoms with van der Waals surface area (Å²) in [5.41, 5.74) is 4.74. The number of thiazole rings is 1. The van der Waals surface area contributed by atoms with Gasteiger partial charge < -0.3 is 14.8 Å². The second-order valence-electron chi connectivity index (χ2n) is 6.66. The summed E-state index contributed by atoms with van der Waals surface area (Å²) < 4.78 is 10.1. The Morgan fingerprint density at radius 1 is 1.10 bits per heavy atom. The lowest BCUT2D eigenvalue weighted by molar-refractivity contribution is 0.0606. The number of rotatable bonds is 6. The predicted molar refractivity (Wildman–Crippen MR) is 116 cm³/mol. The third kappa shape index (κ3) is 4.11. The van der Waals surface area contributed by atoms with Gasteiger partial charge in [-0.15, -0.1) is 11.3 Å². The number of hydrogen-bond donors (Lipinski definition) is 1. The number of ether oxygens (including phenoxy) is 2. The first-order valence-corrected chi connectivity index (χ1v) is 10.3. The Hall–Kier alpha value is -3.45. The molecule has 0 saturated heterocycles. The monoisotopic (exact) mass is 420 g/mol. The van der Waals surface area contributed by atoms with E-state index >= 15 is 0 Å². The highest BCUT2D eigenvalue weighted by atomic mass is 32.1. The van der Waals surface area contributed by atoms with Crippen LogP contribution in [-0.2, 0) is 9.47 Å². The molecule has 0 spiro atoms. The van der Waals surface area contributed by atoms with Crippen LogP contribution in [0.4, 0.5) is 4.79 Å². The minimum absolute atomic E-state index is 0.0331. The van der Waals surface area contributed by atoms with Gasteiger partial charge in [-0.1, -0.05) is 54.6 Å². The van der Waals surface area contributed by atoms with Gasteiger partial charge in [-0.2, -0.15) is 0 Å². The van der Waals surface area contributed by atoms with E-state index in [1.807, 2.05) is 24.3 Å². The Morgan fingerprint density at radius 3 is 2.43 bits per heavy atom. The smallest absolute Gasteiger partial charge is 0.407 e. The van der Waals surface area contributed by atoms with Gasteiger partial charge in [0, 0.05) is 12.5 Å². The zero-order valence-corrected chi connectivity index (χ0v) is 17.1. The predicted octanol–water partition coefficient (Wildman–Crippen LogP) is 4.48. The van der Waals surface area contributed by atoms with Crippen molar-refractivity contribution in [1.29, 1.82) is 0 Å². The van der Waals surface area contributed by atoms with E-state index in [4.69, 9.17) is 4.74 Å². The number of benzene rings is 2. The van der Waals surface area contributed by atoms with Crippen LogP contribution in [0.15, 0.2) is 60.8 Å². The van der Waals surface area contributed by atoms with Crippen molar-refractivity contribution in [3.63, 3.8) is 0 Å². The van der Waals surface area contributed by atoms with E-state index in [9.17, 15) is 9.59 Å². The lowest BCUT2D eigenvalue weighted by Crippen LogP contribution is -2.26. The topological polar surface area (TPSA) is 77.5 Å². The second kappa shape index (κ2) is 8.92. The van der Waals surface area contributed by atoms with E-state index in [0.29, 0.717) is 16.4 Å². The SMILES string of the molecule is COC(=O)c1cnc(C=CCNC(=O)OCC2c3ccccc3-c3ccccc32)s1. The summed E-state index contributed by atoms with van der Waals surface area (Å²) in [5.74, 6) is -0.380. The number of aromatic nitrogens is 1. The molecule has 1 heterocycles. The highest BCUT2D eigenvalue weighted by molar-refractivity contribution is 7.14. The maximum Gasteiger partial charge on any atom is 0.407 e. The quantitative estimate of drug-likeness (QED) is 0.595. The molecule has 2 aromatic carbocycles. The average molecular weight is 420 g/mol. The molecule has 1 aliphatic rings. The zero-order chi connectivity index (χ0) is 20.9. The summed E-state index contributed by atoms with van der Waals surface area (Å²) in [6, 6.07) is 16.4. The van der Waals surface area contributed by atoms with Gasteiger partial charge in [-0.3, -0.25) is 0 Å². The molecule has 0 saturated carbocycles. The van der Waals surface area contributed by atoms with E-state index in [1.54, 1.807) is 12.2 Å². The number of esters is 1. The summed E-state index contributed by atoms with van der Waals surface area (Å²) >= 11 is 1.22. The fourth-order valence-electron chi connectivity index (χ4n) is 3.51. The molecular formula is C23H20N2O4S.